The molecule has 0 aromatic heterocycles. The van der Waals surface area contributed by atoms with Crippen LogP contribution in [0.25, 0.3) is 0 Å². The van der Waals surface area contributed by atoms with E-state index in [1.54, 1.807) is 0 Å². The summed E-state index contributed by atoms with van der Waals surface area (Å²) in [6.45, 7) is 12.4. The molecule has 3 nitrogen and oxygen atoms in total. The van der Waals surface area contributed by atoms with Crippen molar-refractivity contribution in [2.75, 3.05) is 39.3 Å². The fourth-order valence-corrected chi connectivity index (χ4v) is 3.47. The van der Waals surface area contributed by atoms with E-state index < -0.39 is 0 Å². The SMILES string of the molecule is CC(C)c1ccc(CN2CCN(CC3CCCO3)CC2)cc1. The molecule has 0 saturated carbocycles. The lowest BCUT2D eigenvalue weighted by molar-refractivity contribution is 0.0489. The van der Waals surface area contributed by atoms with Crippen molar-refractivity contribution in [3.8, 4) is 0 Å². The predicted octanol–water partition coefficient (Wildman–Crippen LogP) is 3.11. The van der Waals surface area contributed by atoms with Gasteiger partial charge in [0.15, 0.2) is 0 Å². The van der Waals surface area contributed by atoms with Crippen molar-refractivity contribution in [1.29, 1.82) is 0 Å². The Morgan fingerprint density at radius 1 is 1.05 bits per heavy atom. The Bertz CT molecular complexity index is 443. The largest absolute Gasteiger partial charge is 0.377 e. The molecule has 1 aromatic carbocycles. The monoisotopic (exact) mass is 302 g/mol. The second-order valence-corrected chi connectivity index (χ2v) is 7.11. The molecule has 2 fully saturated rings. The molecule has 0 spiro atoms. The fraction of sp³-hybridized carbons (Fsp3) is 0.684. The van der Waals surface area contributed by atoms with Crippen molar-refractivity contribution >= 4 is 0 Å². The highest BCUT2D eigenvalue weighted by Crippen LogP contribution is 2.17. The van der Waals surface area contributed by atoms with Crippen LogP contribution in [0.1, 0.15) is 43.7 Å². The predicted molar refractivity (Wildman–Crippen MR) is 91.2 cm³/mol. The van der Waals surface area contributed by atoms with Crippen LogP contribution in [0.5, 0.6) is 0 Å². The smallest absolute Gasteiger partial charge is 0.0702 e. The first-order valence-corrected chi connectivity index (χ1v) is 8.86. The molecule has 2 aliphatic rings. The average Bonchev–Trinajstić information content (AvgIpc) is 3.03. The summed E-state index contributed by atoms with van der Waals surface area (Å²) in [5, 5.41) is 0. The Balaban J connectivity index is 1.43. The zero-order valence-corrected chi connectivity index (χ0v) is 14.1. The number of hydrogen-bond acceptors (Lipinski definition) is 3. The first-order chi connectivity index (χ1) is 10.7. The second kappa shape index (κ2) is 7.58. The van der Waals surface area contributed by atoms with Gasteiger partial charge < -0.3 is 4.74 Å². The first kappa shape index (κ1) is 16.0. The lowest BCUT2D eigenvalue weighted by atomic mass is 10.0. The van der Waals surface area contributed by atoms with E-state index in [4.69, 9.17) is 4.74 Å². The summed E-state index contributed by atoms with van der Waals surface area (Å²) in [6.07, 6.45) is 2.99. The molecule has 0 N–H and O–H groups in total. The van der Waals surface area contributed by atoms with Gasteiger partial charge in [-0.25, -0.2) is 0 Å². The fourth-order valence-electron chi connectivity index (χ4n) is 3.47. The third-order valence-electron chi connectivity index (χ3n) is 5.00. The number of hydrogen-bond donors (Lipinski definition) is 0. The molecule has 3 rings (SSSR count). The first-order valence-electron chi connectivity index (χ1n) is 8.86. The van der Waals surface area contributed by atoms with Gasteiger partial charge in [-0.1, -0.05) is 38.1 Å². The van der Waals surface area contributed by atoms with Gasteiger partial charge in [0.2, 0.25) is 0 Å². The van der Waals surface area contributed by atoms with Gasteiger partial charge in [-0.3, -0.25) is 9.80 Å². The molecule has 0 amide bonds. The van der Waals surface area contributed by atoms with Gasteiger partial charge in [-0.15, -0.1) is 0 Å². The van der Waals surface area contributed by atoms with Gasteiger partial charge >= 0.3 is 0 Å². The Morgan fingerprint density at radius 2 is 1.73 bits per heavy atom. The molecule has 0 radical (unpaired) electrons. The molecule has 3 heteroatoms. The molecule has 122 valence electrons. The number of rotatable bonds is 5. The summed E-state index contributed by atoms with van der Waals surface area (Å²) in [6, 6.07) is 9.17. The summed E-state index contributed by atoms with van der Waals surface area (Å²) in [7, 11) is 0. The van der Waals surface area contributed by atoms with Crippen LogP contribution in [0, 0.1) is 0 Å². The summed E-state index contributed by atoms with van der Waals surface area (Å²) >= 11 is 0. The lowest BCUT2D eigenvalue weighted by Gasteiger charge is -2.35. The van der Waals surface area contributed by atoms with Gasteiger partial charge in [0.05, 0.1) is 6.10 Å². The van der Waals surface area contributed by atoms with E-state index in [2.05, 4.69) is 47.9 Å². The summed E-state index contributed by atoms with van der Waals surface area (Å²) < 4.78 is 5.75. The molecule has 0 bridgehead atoms. The Morgan fingerprint density at radius 3 is 2.32 bits per heavy atom. The van der Waals surface area contributed by atoms with Crippen molar-refractivity contribution in [1.82, 2.24) is 9.80 Å². The van der Waals surface area contributed by atoms with Crippen LogP contribution in [0.3, 0.4) is 0 Å². The molecular weight excluding hydrogens is 272 g/mol. The minimum absolute atomic E-state index is 0.495. The van der Waals surface area contributed by atoms with Gasteiger partial charge in [0, 0.05) is 45.9 Å². The quantitative estimate of drug-likeness (QED) is 0.831. The minimum Gasteiger partial charge on any atom is -0.377 e. The zero-order chi connectivity index (χ0) is 15.4. The molecule has 0 aliphatic carbocycles. The van der Waals surface area contributed by atoms with E-state index in [1.807, 2.05) is 0 Å². The van der Waals surface area contributed by atoms with E-state index in [9.17, 15) is 0 Å². The highest BCUT2D eigenvalue weighted by atomic mass is 16.5. The van der Waals surface area contributed by atoms with Crippen molar-refractivity contribution in [2.24, 2.45) is 0 Å². The van der Waals surface area contributed by atoms with Gasteiger partial charge in [0.1, 0.15) is 0 Å². The molecule has 2 heterocycles. The third-order valence-corrected chi connectivity index (χ3v) is 5.00. The topological polar surface area (TPSA) is 15.7 Å². The molecule has 22 heavy (non-hydrogen) atoms. The average molecular weight is 302 g/mol. The summed E-state index contributed by atoms with van der Waals surface area (Å²) in [5.74, 6) is 0.621. The second-order valence-electron chi connectivity index (χ2n) is 7.11. The molecule has 1 unspecified atom stereocenters. The Hall–Kier alpha value is -0.900. The van der Waals surface area contributed by atoms with Gasteiger partial charge in [-0.05, 0) is 29.9 Å². The van der Waals surface area contributed by atoms with Crippen LogP contribution in [0.2, 0.25) is 0 Å². The molecular formula is C19H30N2O. The van der Waals surface area contributed by atoms with Crippen LogP contribution >= 0.6 is 0 Å². The molecule has 1 atom stereocenters. The van der Waals surface area contributed by atoms with Crippen molar-refractivity contribution in [2.45, 2.75) is 45.3 Å². The van der Waals surface area contributed by atoms with E-state index in [1.165, 1.54) is 50.1 Å². The zero-order valence-electron chi connectivity index (χ0n) is 14.1. The van der Waals surface area contributed by atoms with Gasteiger partial charge in [0.25, 0.3) is 0 Å². The highest BCUT2D eigenvalue weighted by molar-refractivity contribution is 5.24. The van der Waals surface area contributed by atoms with Crippen molar-refractivity contribution in [3.63, 3.8) is 0 Å². The van der Waals surface area contributed by atoms with E-state index >= 15 is 0 Å². The van der Waals surface area contributed by atoms with Crippen LogP contribution in [-0.4, -0.2) is 55.2 Å². The van der Waals surface area contributed by atoms with E-state index in [0.717, 1.165) is 19.7 Å². The van der Waals surface area contributed by atoms with Crippen LogP contribution in [0.4, 0.5) is 0 Å². The molecule has 2 saturated heterocycles. The molecule has 2 aliphatic heterocycles. The summed E-state index contributed by atoms with van der Waals surface area (Å²) in [5.41, 5.74) is 2.88. The van der Waals surface area contributed by atoms with Crippen molar-refractivity contribution < 1.29 is 4.74 Å². The van der Waals surface area contributed by atoms with Crippen LogP contribution in [-0.2, 0) is 11.3 Å². The van der Waals surface area contributed by atoms with E-state index in [0.29, 0.717) is 12.0 Å². The number of nitrogens with zero attached hydrogens (tertiary/aromatic N) is 2. The van der Waals surface area contributed by atoms with Crippen LogP contribution < -0.4 is 0 Å². The Labute approximate surface area is 135 Å². The summed E-state index contributed by atoms with van der Waals surface area (Å²) in [4.78, 5) is 5.16. The lowest BCUT2D eigenvalue weighted by Crippen LogP contribution is -2.48. The normalized spacial score (nSPS) is 24.2. The number of benzene rings is 1. The van der Waals surface area contributed by atoms with Crippen LogP contribution in [0.15, 0.2) is 24.3 Å². The number of piperazine rings is 1. The third kappa shape index (κ3) is 4.31. The molecule has 1 aromatic rings. The Kier molecular flexibility index (Phi) is 5.51. The standard InChI is InChI=1S/C19H30N2O/c1-16(2)18-7-5-17(6-8-18)14-20-9-11-21(12-10-20)15-19-4-3-13-22-19/h5-8,16,19H,3-4,9-15H2,1-2H3. The number of ether oxygens (including phenoxy) is 1. The maximum absolute atomic E-state index is 5.75. The van der Waals surface area contributed by atoms with Crippen molar-refractivity contribution in [3.05, 3.63) is 35.4 Å². The maximum atomic E-state index is 5.75. The minimum atomic E-state index is 0.495. The maximum Gasteiger partial charge on any atom is 0.0702 e. The van der Waals surface area contributed by atoms with E-state index in [-0.39, 0.29) is 0 Å². The van der Waals surface area contributed by atoms with Gasteiger partial charge in [-0.2, -0.15) is 0 Å². The highest BCUT2D eigenvalue weighted by Gasteiger charge is 2.22.